The Morgan fingerprint density at radius 3 is 2.69 bits per heavy atom. The number of furan rings is 1. The van der Waals surface area contributed by atoms with Gasteiger partial charge in [-0.25, -0.2) is 0 Å². The zero-order chi connectivity index (χ0) is 11.7. The molecule has 1 aromatic heterocycles. The Bertz CT molecular complexity index is 499. The van der Waals surface area contributed by atoms with E-state index >= 15 is 0 Å². The fourth-order valence-corrected chi connectivity index (χ4v) is 2.21. The molecule has 1 aromatic carbocycles. The molecule has 2 nitrogen and oxygen atoms in total. The molecule has 2 aromatic rings. The Morgan fingerprint density at radius 1 is 1.31 bits per heavy atom. The first-order valence-electron chi connectivity index (χ1n) is 5.87. The fraction of sp³-hybridized carbons (Fsp3) is 0.429. The van der Waals surface area contributed by atoms with Crippen LogP contribution in [0.2, 0.25) is 0 Å². The van der Waals surface area contributed by atoms with Gasteiger partial charge in [0.15, 0.2) is 0 Å². The minimum Gasteiger partial charge on any atom is -0.459 e. The van der Waals surface area contributed by atoms with Gasteiger partial charge in [-0.05, 0) is 38.4 Å². The Morgan fingerprint density at radius 2 is 2.06 bits per heavy atom. The summed E-state index contributed by atoms with van der Waals surface area (Å²) in [6.45, 7) is 9.43. The van der Waals surface area contributed by atoms with Gasteiger partial charge in [-0.1, -0.05) is 25.1 Å². The van der Waals surface area contributed by atoms with E-state index in [9.17, 15) is 0 Å². The fourth-order valence-electron chi connectivity index (χ4n) is 2.21. The third kappa shape index (κ3) is 1.74. The first-order chi connectivity index (χ1) is 7.65. The van der Waals surface area contributed by atoms with Crippen LogP contribution < -0.4 is 5.32 Å². The van der Waals surface area contributed by atoms with Gasteiger partial charge in [0.25, 0.3) is 0 Å². The summed E-state index contributed by atoms with van der Waals surface area (Å²) in [6.07, 6.45) is 0. The highest BCUT2D eigenvalue weighted by Gasteiger charge is 2.16. The van der Waals surface area contributed by atoms with Gasteiger partial charge in [-0.3, -0.25) is 0 Å². The predicted molar refractivity (Wildman–Crippen MR) is 67.8 cm³/mol. The summed E-state index contributed by atoms with van der Waals surface area (Å²) in [5.74, 6) is 1.06. The number of nitrogens with one attached hydrogen (secondary N) is 1. The van der Waals surface area contributed by atoms with Crippen LogP contribution in [0.25, 0.3) is 11.0 Å². The standard InChI is InChI=1S/C14H19NO/c1-5-15-11(4)14-10(3)12-8-6-7-9(2)13(12)16-14/h6-8,11,15H,5H2,1-4H3. The Kier molecular flexibility index (Phi) is 3.01. The number of fused-ring (bicyclic) bond motifs is 1. The van der Waals surface area contributed by atoms with Gasteiger partial charge < -0.3 is 9.73 Å². The quantitative estimate of drug-likeness (QED) is 0.847. The van der Waals surface area contributed by atoms with E-state index in [4.69, 9.17) is 4.42 Å². The molecule has 0 aliphatic carbocycles. The van der Waals surface area contributed by atoms with E-state index in [0.717, 1.165) is 17.9 Å². The minimum absolute atomic E-state index is 0.275. The predicted octanol–water partition coefficient (Wildman–Crippen LogP) is 3.72. The molecule has 0 saturated carbocycles. The summed E-state index contributed by atoms with van der Waals surface area (Å²) in [7, 11) is 0. The van der Waals surface area contributed by atoms with Crippen LogP contribution >= 0.6 is 0 Å². The maximum Gasteiger partial charge on any atom is 0.137 e. The molecule has 2 heteroatoms. The molecule has 0 fully saturated rings. The average Bonchev–Trinajstić information content (AvgIpc) is 2.59. The SMILES string of the molecule is CCNC(C)c1oc2c(C)cccc2c1C. The van der Waals surface area contributed by atoms with E-state index < -0.39 is 0 Å². The van der Waals surface area contributed by atoms with Gasteiger partial charge >= 0.3 is 0 Å². The number of hydrogen-bond donors (Lipinski definition) is 1. The molecule has 0 radical (unpaired) electrons. The molecule has 0 saturated heterocycles. The molecule has 1 atom stereocenters. The monoisotopic (exact) mass is 217 g/mol. The Hall–Kier alpha value is -1.28. The summed E-state index contributed by atoms with van der Waals surface area (Å²) in [5, 5.41) is 4.63. The van der Waals surface area contributed by atoms with Gasteiger partial charge in [0.1, 0.15) is 11.3 Å². The largest absolute Gasteiger partial charge is 0.459 e. The topological polar surface area (TPSA) is 25.2 Å². The molecule has 0 aliphatic heterocycles. The highest BCUT2D eigenvalue weighted by Crippen LogP contribution is 2.30. The van der Waals surface area contributed by atoms with E-state index in [1.54, 1.807) is 0 Å². The van der Waals surface area contributed by atoms with Crippen LogP contribution in [0.3, 0.4) is 0 Å². The molecule has 0 aliphatic rings. The van der Waals surface area contributed by atoms with Crippen LogP contribution in [-0.4, -0.2) is 6.54 Å². The van der Waals surface area contributed by atoms with Gasteiger partial charge in [0.05, 0.1) is 6.04 Å². The van der Waals surface area contributed by atoms with Crippen molar-refractivity contribution >= 4 is 11.0 Å². The van der Waals surface area contributed by atoms with Crippen LogP contribution in [0.5, 0.6) is 0 Å². The lowest BCUT2D eigenvalue weighted by Gasteiger charge is -2.09. The second-order valence-electron chi connectivity index (χ2n) is 4.32. The summed E-state index contributed by atoms with van der Waals surface area (Å²) < 4.78 is 5.98. The molecule has 1 unspecified atom stereocenters. The molecule has 2 rings (SSSR count). The van der Waals surface area contributed by atoms with Crippen molar-refractivity contribution in [2.75, 3.05) is 6.54 Å². The highest BCUT2D eigenvalue weighted by atomic mass is 16.3. The zero-order valence-corrected chi connectivity index (χ0v) is 10.4. The smallest absolute Gasteiger partial charge is 0.137 e. The molecule has 1 N–H and O–H groups in total. The zero-order valence-electron chi connectivity index (χ0n) is 10.4. The molecule has 16 heavy (non-hydrogen) atoms. The third-order valence-corrected chi connectivity index (χ3v) is 3.10. The van der Waals surface area contributed by atoms with Crippen LogP contribution in [0.1, 0.15) is 36.8 Å². The van der Waals surface area contributed by atoms with E-state index in [2.05, 4.69) is 51.2 Å². The van der Waals surface area contributed by atoms with Crippen molar-refractivity contribution in [2.24, 2.45) is 0 Å². The molecule has 0 spiro atoms. The number of rotatable bonds is 3. The summed E-state index contributed by atoms with van der Waals surface area (Å²) in [6, 6.07) is 6.58. The maximum atomic E-state index is 5.98. The summed E-state index contributed by atoms with van der Waals surface area (Å²) in [4.78, 5) is 0. The molecule has 0 amide bonds. The molecular formula is C14H19NO. The van der Waals surface area contributed by atoms with Crippen molar-refractivity contribution in [3.63, 3.8) is 0 Å². The molecule has 1 heterocycles. The lowest BCUT2D eigenvalue weighted by atomic mass is 10.1. The second kappa shape index (κ2) is 4.30. The highest BCUT2D eigenvalue weighted by molar-refractivity contribution is 5.84. The molecule has 0 bridgehead atoms. The van der Waals surface area contributed by atoms with Crippen molar-refractivity contribution in [3.8, 4) is 0 Å². The van der Waals surface area contributed by atoms with Crippen LogP contribution in [-0.2, 0) is 0 Å². The third-order valence-electron chi connectivity index (χ3n) is 3.10. The number of benzene rings is 1. The van der Waals surface area contributed by atoms with E-state index in [-0.39, 0.29) is 6.04 Å². The Balaban J connectivity index is 2.55. The normalized spacial score (nSPS) is 13.2. The maximum absolute atomic E-state index is 5.98. The van der Waals surface area contributed by atoms with Gasteiger partial charge in [-0.2, -0.15) is 0 Å². The Labute approximate surface area is 96.6 Å². The molecule has 86 valence electrons. The second-order valence-corrected chi connectivity index (χ2v) is 4.32. The van der Waals surface area contributed by atoms with Crippen LogP contribution in [0.15, 0.2) is 22.6 Å². The van der Waals surface area contributed by atoms with E-state index in [0.29, 0.717) is 0 Å². The van der Waals surface area contributed by atoms with Crippen LogP contribution in [0.4, 0.5) is 0 Å². The van der Waals surface area contributed by atoms with Crippen LogP contribution in [0, 0.1) is 13.8 Å². The minimum atomic E-state index is 0.275. The van der Waals surface area contributed by atoms with Gasteiger partial charge in [0.2, 0.25) is 0 Å². The lowest BCUT2D eigenvalue weighted by Crippen LogP contribution is -2.17. The first-order valence-corrected chi connectivity index (χ1v) is 5.87. The number of para-hydroxylation sites is 1. The van der Waals surface area contributed by atoms with Crippen molar-refractivity contribution in [1.29, 1.82) is 0 Å². The molecular weight excluding hydrogens is 198 g/mol. The number of hydrogen-bond acceptors (Lipinski definition) is 2. The van der Waals surface area contributed by atoms with Gasteiger partial charge in [-0.15, -0.1) is 0 Å². The van der Waals surface area contributed by atoms with Gasteiger partial charge in [0, 0.05) is 5.39 Å². The summed E-state index contributed by atoms with van der Waals surface area (Å²) in [5.41, 5.74) is 3.49. The summed E-state index contributed by atoms with van der Waals surface area (Å²) >= 11 is 0. The van der Waals surface area contributed by atoms with Crippen molar-refractivity contribution in [2.45, 2.75) is 33.7 Å². The first kappa shape index (κ1) is 11.2. The van der Waals surface area contributed by atoms with E-state index in [1.165, 1.54) is 16.5 Å². The number of aryl methyl sites for hydroxylation is 2. The van der Waals surface area contributed by atoms with Crippen molar-refractivity contribution < 1.29 is 4.42 Å². The van der Waals surface area contributed by atoms with Crippen molar-refractivity contribution in [1.82, 2.24) is 5.32 Å². The average molecular weight is 217 g/mol. The van der Waals surface area contributed by atoms with E-state index in [1.807, 2.05) is 0 Å². The van der Waals surface area contributed by atoms with Crippen molar-refractivity contribution in [3.05, 3.63) is 35.1 Å². The lowest BCUT2D eigenvalue weighted by molar-refractivity contribution is 0.455.